The van der Waals surface area contributed by atoms with Crippen LogP contribution in [-0.2, 0) is 17.6 Å². The molecular formula is C20H24N2O. The van der Waals surface area contributed by atoms with Crippen LogP contribution in [0.1, 0.15) is 24.5 Å². The predicted molar refractivity (Wildman–Crippen MR) is 94.7 cm³/mol. The predicted octanol–water partition coefficient (Wildman–Crippen LogP) is 3.19. The van der Waals surface area contributed by atoms with Gasteiger partial charge in [-0.05, 0) is 43.4 Å². The van der Waals surface area contributed by atoms with Gasteiger partial charge in [0, 0.05) is 18.3 Å². The van der Waals surface area contributed by atoms with Gasteiger partial charge in [-0.1, -0.05) is 48.5 Å². The fourth-order valence-corrected chi connectivity index (χ4v) is 3.25. The van der Waals surface area contributed by atoms with E-state index in [9.17, 15) is 4.79 Å². The first-order valence-corrected chi connectivity index (χ1v) is 8.39. The fraction of sp³-hybridized carbons (Fsp3) is 0.350. The summed E-state index contributed by atoms with van der Waals surface area (Å²) in [5, 5.41) is 3.05. The van der Waals surface area contributed by atoms with Gasteiger partial charge >= 0.3 is 0 Å². The minimum absolute atomic E-state index is 0.113. The van der Waals surface area contributed by atoms with Crippen LogP contribution in [0.25, 0.3) is 0 Å². The highest BCUT2D eigenvalue weighted by Crippen LogP contribution is 2.31. The maximum atomic E-state index is 12.2. The van der Waals surface area contributed by atoms with Crippen molar-refractivity contribution in [1.82, 2.24) is 5.32 Å². The van der Waals surface area contributed by atoms with E-state index in [0.717, 1.165) is 25.8 Å². The van der Waals surface area contributed by atoms with E-state index in [4.69, 9.17) is 0 Å². The monoisotopic (exact) mass is 308 g/mol. The third-order valence-electron chi connectivity index (χ3n) is 4.47. The second kappa shape index (κ2) is 7.32. The van der Waals surface area contributed by atoms with Gasteiger partial charge in [-0.15, -0.1) is 0 Å². The third kappa shape index (κ3) is 3.92. The molecule has 3 heteroatoms. The largest absolute Gasteiger partial charge is 0.359 e. The van der Waals surface area contributed by atoms with Gasteiger partial charge in [-0.2, -0.15) is 0 Å². The fourth-order valence-electron chi connectivity index (χ4n) is 3.25. The minimum atomic E-state index is 0.113. The van der Waals surface area contributed by atoms with Crippen LogP contribution in [0.5, 0.6) is 0 Å². The molecule has 3 rings (SSSR count). The summed E-state index contributed by atoms with van der Waals surface area (Å²) in [6, 6.07) is 19.2. The molecule has 1 N–H and O–H groups in total. The third-order valence-corrected chi connectivity index (χ3v) is 4.47. The Kier molecular flexibility index (Phi) is 4.96. The molecule has 23 heavy (non-hydrogen) atoms. The molecule has 2 aromatic rings. The molecule has 0 saturated heterocycles. The number of para-hydroxylation sites is 1. The van der Waals surface area contributed by atoms with Crippen molar-refractivity contribution >= 4 is 11.6 Å². The molecule has 0 spiro atoms. The minimum Gasteiger partial charge on any atom is -0.359 e. The highest BCUT2D eigenvalue weighted by atomic mass is 16.2. The van der Waals surface area contributed by atoms with E-state index in [2.05, 4.69) is 59.6 Å². The summed E-state index contributed by atoms with van der Waals surface area (Å²) in [7, 11) is 0. The standard InChI is InChI=1S/C20H24N2O/c1-16-14-18-11-5-6-12-19(18)22(16)15-20(23)21-13-7-10-17-8-3-2-4-9-17/h2-6,8-9,11-12,16H,7,10,13-15H2,1H3,(H,21,23). The Hall–Kier alpha value is -2.29. The number of carbonyl (C=O) groups is 1. The maximum absolute atomic E-state index is 12.2. The van der Waals surface area contributed by atoms with Crippen LogP contribution < -0.4 is 10.2 Å². The van der Waals surface area contributed by atoms with Gasteiger partial charge in [0.15, 0.2) is 0 Å². The van der Waals surface area contributed by atoms with Gasteiger partial charge in [0.2, 0.25) is 5.91 Å². The highest BCUT2D eigenvalue weighted by molar-refractivity contribution is 5.82. The topological polar surface area (TPSA) is 32.3 Å². The lowest BCUT2D eigenvalue weighted by Gasteiger charge is -2.24. The van der Waals surface area contributed by atoms with Crippen molar-refractivity contribution in [3.8, 4) is 0 Å². The molecule has 1 heterocycles. The van der Waals surface area contributed by atoms with Crippen LogP contribution in [0.4, 0.5) is 5.69 Å². The molecule has 0 fully saturated rings. The lowest BCUT2D eigenvalue weighted by atomic mass is 10.1. The lowest BCUT2D eigenvalue weighted by Crippen LogP contribution is -2.40. The first-order chi connectivity index (χ1) is 11.2. The number of nitrogens with zero attached hydrogens (tertiary/aromatic N) is 1. The van der Waals surface area contributed by atoms with Gasteiger partial charge < -0.3 is 10.2 Å². The molecule has 1 aliphatic heterocycles. The number of amides is 1. The number of carbonyl (C=O) groups excluding carboxylic acids is 1. The molecule has 2 aromatic carbocycles. The summed E-state index contributed by atoms with van der Waals surface area (Å²) < 4.78 is 0. The van der Waals surface area contributed by atoms with E-state index in [1.807, 2.05) is 12.1 Å². The second-order valence-corrected chi connectivity index (χ2v) is 6.25. The van der Waals surface area contributed by atoms with Crippen LogP contribution in [0.15, 0.2) is 54.6 Å². The van der Waals surface area contributed by atoms with Crippen LogP contribution in [-0.4, -0.2) is 25.0 Å². The quantitative estimate of drug-likeness (QED) is 0.831. The molecule has 1 amide bonds. The number of rotatable bonds is 6. The Bertz CT molecular complexity index is 654. The van der Waals surface area contributed by atoms with Crippen molar-refractivity contribution in [1.29, 1.82) is 0 Å². The number of hydrogen-bond acceptors (Lipinski definition) is 2. The van der Waals surface area contributed by atoms with E-state index in [-0.39, 0.29) is 5.91 Å². The van der Waals surface area contributed by atoms with Crippen LogP contribution in [0.3, 0.4) is 0 Å². The Morgan fingerprint density at radius 1 is 1.13 bits per heavy atom. The number of nitrogens with one attached hydrogen (secondary N) is 1. The van der Waals surface area contributed by atoms with E-state index in [0.29, 0.717) is 12.6 Å². The van der Waals surface area contributed by atoms with Gasteiger partial charge in [0.25, 0.3) is 0 Å². The molecule has 120 valence electrons. The van der Waals surface area contributed by atoms with E-state index >= 15 is 0 Å². The SMILES string of the molecule is CC1Cc2ccccc2N1CC(=O)NCCCc1ccccc1. The van der Waals surface area contributed by atoms with Gasteiger partial charge in [0.1, 0.15) is 0 Å². The van der Waals surface area contributed by atoms with E-state index < -0.39 is 0 Å². The number of hydrogen-bond donors (Lipinski definition) is 1. The maximum Gasteiger partial charge on any atom is 0.239 e. The summed E-state index contributed by atoms with van der Waals surface area (Å²) in [6.45, 7) is 3.36. The molecule has 0 saturated carbocycles. The van der Waals surface area contributed by atoms with Gasteiger partial charge in [0.05, 0.1) is 6.54 Å². The Labute approximate surface area is 138 Å². The average Bonchev–Trinajstić information content (AvgIpc) is 2.88. The van der Waals surface area contributed by atoms with Crippen LogP contribution in [0, 0.1) is 0 Å². The first kappa shape index (κ1) is 15.6. The van der Waals surface area contributed by atoms with E-state index in [1.165, 1.54) is 16.8 Å². The second-order valence-electron chi connectivity index (χ2n) is 6.25. The molecule has 0 bridgehead atoms. The van der Waals surface area contributed by atoms with Crippen molar-refractivity contribution < 1.29 is 4.79 Å². The summed E-state index contributed by atoms with van der Waals surface area (Å²) in [4.78, 5) is 14.4. The zero-order valence-corrected chi connectivity index (χ0v) is 13.7. The Morgan fingerprint density at radius 3 is 2.70 bits per heavy atom. The summed E-state index contributed by atoms with van der Waals surface area (Å²) in [5.74, 6) is 0.113. The van der Waals surface area contributed by atoms with Crippen molar-refractivity contribution in [2.45, 2.75) is 32.2 Å². The summed E-state index contributed by atoms with van der Waals surface area (Å²) in [6.07, 6.45) is 3.00. The lowest BCUT2D eigenvalue weighted by molar-refractivity contribution is -0.119. The molecule has 0 aromatic heterocycles. The molecular weight excluding hydrogens is 284 g/mol. The number of aryl methyl sites for hydroxylation is 1. The molecule has 0 radical (unpaired) electrons. The summed E-state index contributed by atoms with van der Waals surface area (Å²) in [5.41, 5.74) is 3.88. The van der Waals surface area contributed by atoms with E-state index in [1.54, 1.807) is 0 Å². The van der Waals surface area contributed by atoms with Crippen LogP contribution in [0.2, 0.25) is 0 Å². The summed E-state index contributed by atoms with van der Waals surface area (Å²) >= 11 is 0. The molecule has 1 aliphatic rings. The smallest absolute Gasteiger partial charge is 0.239 e. The molecule has 1 atom stereocenters. The van der Waals surface area contributed by atoms with Crippen molar-refractivity contribution in [3.05, 3.63) is 65.7 Å². The zero-order valence-electron chi connectivity index (χ0n) is 13.7. The number of fused-ring (bicyclic) bond motifs is 1. The van der Waals surface area contributed by atoms with Crippen LogP contribution >= 0.6 is 0 Å². The molecule has 1 unspecified atom stereocenters. The molecule has 3 nitrogen and oxygen atoms in total. The Balaban J connectivity index is 1.45. The van der Waals surface area contributed by atoms with Crippen molar-refractivity contribution in [2.24, 2.45) is 0 Å². The highest BCUT2D eigenvalue weighted by Gasteiger charge is 2.26. The van der Waals surface area contributed by atoms with Gasteiger partial charge in [-0.25, -0.2) is 0 Å². The Morgan fingerprint density at radius 2 is 1.87 bits per heavy atom. The zero-order chi connectivity index (χ0) is 16.1. The average molecular weight is 308 g/mol. The number of benzene rings is 2. The first-order valence-electron chi connectivity index (χ1n) is 8.39. The normalized spacial score (nSPS) is 16.2. The molecule has 0 aliphatic carbocycles. The van der Waals surface area contributed by atoms with Crippen molar-refractivity contribution in [3.63, 3.8) is 0 Å². The van der Waals surface area contributed by atoms with Gasteiger partial charge in [-0.3, -0.25) is 4.79 Å². The number of anilines is 1. The van der Waals surface area contributed by atoms with Crippen molar-refractivity contribution in [2.75, 3.05) is 18.0 Å².